The van der Waals surface area contributed by atoms with Crippen LogP contribution in [0.5, 0.6) is 11.5 Å². The summed E-state index contributed by atoms with van der Waals surface area (Å²) in [5, 5.41) is 3.37. The Balaban J connectivity index is 1.43. The molecule has 2 aliphatic heterocycles. The predicted molar refractivity (Wildman–Crippen MR) is 97.9 cm³/mol. The second-order valence-electron chi connectivity index (χ2n) is 6.37. The van der Waals surface area contributed by atoms with Crippen molar-refractivity contribution in [3.05, 3.63) is 22.7 Å². The Morgan fingerprint density at radius 1 is 1.16 bits per heavy atom. The number of nitrogens with one attached hydrogen (secondary N) is 1. The van der Waals surface area contributed by atoms with Gasteiger partial charge in [-0.25, -0.2) is 0 Å². The summed E-state index contributed by atoms with van der Waals surface area (Å²) < 4.78 is 11.0. The van der Waals surface area contributed by atoms with Crippen molar-refractivity contribution in [2.45, 2.75) is 13.3 Å². The van der Waals surface area contributed by atoms with Crippen LogP contribution in [0.25, 0.3) is 0 Å². The van der Waals surface area contributed by atoms with Gasteiger partial charge in [0.05, 0.1) is 5.02 Å². The molecule has 2 heterocycles. The number of nitrogens with zero attached hydrogens (tertiary/aromatic N) is 2. The zero-order chi connectivity index (χ0) is 17.6. The van der Waals surface area contributed by atoms with Crippen LogP contribution in [0.15, 0.2) is 12.1 Å². The lowest BCUT2D eigenvalue weighted by Crippen LogP contribution is -2.46. The average Bonchev–Trinajstić information content (AvgIpc) is 2.65. The van der Waals surface area contributed by atoms with Crippen molar-refractivity contribution in [3.63, 3.8) is 0 Å². The lowest BCUT2D eigenvalue weighted by molar-refractivity contribution is 0.0947. The van der Waals surface area contributed by atoms with E-state index in [4.69, 9.17) is 21.1 Å². The van der Waals surface area contributed by atoms with Crippen molar-refractivity contribution < 1.29 is 14.3 Å². The highest BCUT2D eigenvalue weighted by Crippen LogP contribution is 2.38. The number of amides is 1. The van der Waals surface area contributed by atoms with Crippen molar-refractivity contribution in [1.29, 1.82) is 0 Å². The number of hydrogen-bond acceptors (Lipinski definition) is 5. The van der Waals surface area contributed by atoms with E-state index < -0.39 is 0 Å². The number of rotatable bonds is 6. The zero-order valence-electron chi connectivity index (χ0n) is 14.7. The molecule has 0 bridgehead atoms. The number of carbonyl (C=O) groups is 1. The molecule has 6 nitrogen and oxygen atoms in total. The molecule has 25 heavy (non-hydrogen) atoms. The van der Waals surface area contributed by atoms with Gasteiger partial charge in [0.1, 0.15) is 13.2 Å². The Kier molecular flexibility index (Phi) is 6.39. The molecular formula is C18H26ClN3O3. The molecule has 0 saturated carbocycles. The number of hydrogen-bond donors (Lipinski definition) is 1. The molecule has 0 aromatic heterocycles. The third kappa shape index (κ3) is 4.77. The summed E-state index contributed by atoms with van der Waals surface area (Å²) in [5.41, 5.74) is 0.505. The molecule has 7 heteroatoms. The van der Waals surface area contributed by atoms with Gasteiger partial charge in [-0.15, -0.1) is 0 Å². The maximum absolute atomic E-state index is 12.3. The van der Waals surface area contributed by atoms with E-state index >= 15 is 0 Å². The van der Waals surface area contributed by atoms with Gasteiger partial charge >= 0.3 is 0 Å². The van der Waals surface area contributed by atoms with E-state index in [2.05, 4.69) is 22.0 Å². The van der Waals surface area contributed by atoms with Crippen LogP contribution in [-0.2, 0) is 0 Å². The molecule has 1 amide bonds. The zero-order valence-corrected chi connectivity index (χ0v) is 15.5. The lowest BCUT2D eigenvalue weighted by atomic mass is 10.1. The van der Waals surface area contributed by atoms with Crippen LogP contribution < -0.4 is 14.8 Å². The number of fused-ring (bicyclic) bond motifs is 1. The molecule has 0 radical (unpaired) electrons. The highest BCUT2D eigenvalue weighted by atomic mass is 35.5. The topological polar surface area (TPSA) is 54.0 Å². The number of likely N-dealkylation sites (N-methyl/N-ethyl adjacent to an activating group) is 1. The Morgan fingerprint density at radius 3 is 2.64 bits per heavy atom. The normalized spacial score (nSPS) is 18.2. The van der Waals surface area contributed by atoms with Crippen LogP contribution in [0, 0.1) is 0 Å². The van der Waals surface area contributed by atoms with Crippen LogP contribution in [0.2, 0.25) is 5.02 Å². The SMILES string of the molecule is CCN1CCN(CCCNC(=O)c2cc(Cl)c3c(c2)OCCO3)CC1. The maximum atomic E-state index is 12.3. The average molecular weight is 368 g/mol. The number of carbonyl (C=O) groups excluding carboxylic acids is 1. The second kappa shape index (κ2) is 8.74. The Labute approximate surface area is 154 Å². The molecule has 0 atom stereocenters. The summed E-state index contributed by atoms with van der Waals surface area (Å²) >= 11 is 6.18. The van der Waals surface area contributed by atoms with Gasteiger partial charge in [0, 0.05) is 38.3 Å². The van der Waals surface area contributed by atoms with E-state index in [9.17, 15) is 4.79 Å². The molecule has 3 rings (SSSR count). The Morgan fingerprint density at radius 2 is 1.88 bits per heavy atom. The first-order chi connectivity index (χ1) is 12.2. The fraction of sp³-hybridized carbons (Fsp3) is 0.611. The lowest BCUT2D eigenvalue weighted by Gasteiger charge is -2.33. The number of ether oxygens (including phenoxy) is 2. The summed E-state index contributed by atoms with van der Waals surface area (Å²) in [4.78, 5) is 17.2. The minimum Gasteiger partial charge on any atom is -0.486 e. The summed E-state index contributed by atoms with van der Waals surface area (Å²) in [5.74, 6) is 0.933. The third-order valence-corrected chi connectivity index (χ3v) is 4.99. The molecule has 1 aromatic carbocycles. The van der Waals surface area contributed by atoms with E-state index in [0.29, 0.717) is 41.8 Å². The molecule has 0 spiro atoms. The van der Waals surface area contributed by atoms with Crippen molar-refractivity contribution in [2.75, 3.05) is 59.0 Å². The van der Waals surface area contributed by atoms with E-state index in [1.807, 2.05) is 0 Å². The highest BCUT2D eigenvalue weighted by Gasteiger charge is 2.19. The first-order valence-electron chi connectivity index (χ1n) is 8.99. The van der Waals surface area contributed by atoms with Crippen LogP contribution >= 0.6 is 11.6 Å². The smallest absolute Gasteiger partial charge is 0.251 e. The summed E-state index contributed by atoms with van der Waals surface area (Å²) in [6, 6.07) is 3.33. The maximum Gasteiger partial charge on any atom is 0.251 e. The molecule has 1 aromatic rings. The second-order valence-corrected chi connectivity index (χ2v) is 6.77. The van der Waals surface area contributed by atoms with Gasteiger partial charge in [0.25, 0.3) is 5.91 Å². The highest BCUT2D eigenvalue weighted by molar-refractivity contribution is 6.32. The van der Waals surface area contributed by atoms with Crippen molar-refractivity contribution >= 4 is 17.5 Å². The van der Waals surface area contributed by atoms with Crippen molar-refractivity contribution in [1.82, 2.24) is 15.1 Å². The minimum absolute atomic E-state index is 0.130. The molecule has 1 saturated heterocycles. The van der Waals surface area contributed by atoms with E-state index in [1.165, 1.54) is 0 Å². The van der Waals surface area contributed by atoms with Crippen LogP contribution in [0.3, 0.4) is 0 Å². The summed E-state index contributed by atoms with van der Waals surface area (Å²) in [6.45, 7) is 10.4. The number of halogens is 1. The molecule has 1 N–H and O–H groups in total. The van der Waals surface area contributed by atoms with E-state index in [0.717, 1.165) is 45.7 Å². The monoisotopic (exact) mass is 367 g/mol. The van der Waals surface area contributed by atoms with Gasteiger partial charge < -0.3 is 24.6 Å². The summed E-state index contributed by atoms with van der Waals surface area (Å²) in [7, 11) is 0. The first-order valence-corrected chi connectivity index (χ1v) is 9.37. The van der Waals surface area contributed by atoms with E-state index in [-0.39, 0.29) is 5.91 Å². The van der Waals surface area contributed by atoms with Gasteiger partial charge in [-0.1, -0.05) is 18.5 Å². The Hall–Kier alpha value is -1.50. The van der Waals surface area contributed by atoms with Crippen molar-refractivity contribution in [3.8, 4) is 11.5 Å². The van der Waals surface area contributed by atoms with Gasteiger partial charge in [-0.2, -0.15) is 0 Å². The quantitative estimate of drug-likeness (QED) is 0.778. The standard InChI is InChI=1S/C18H26ClN3O3/c1-2-21-6-8-22(9-7-21)5-3-4-20-18(23)14-12-15(19)17-16(13-14)24-10-11-25-17/h12-13H,2-11H2,1H3,(H,20,23). The molecular weight excluding hydrogens is 342 g/mol. The van der Waals surface area contributed by atoms with E-state index in [1.54, 1.807) is 12.1 Å². The molecule has 138 valence electrons. The molecule has 1 fully saturated rings. The largest absolute Gasteiger partial charge is 0.486 e. The number of piperazine rings is 1. The molecule has 2 aliphatic rings. The Bertz CT molecular complexity index is 603. The molecule has 0 aliphatic carbocycles. The van der Waals surface area contributed by atoms with Crippen LogP contribution in [0.1, 0.15) is 23.7 Å². The van der Waals surface area contributed by atoms with Crippen LogP contribution in [-0.4, -0.2) is 74.7 Å². The fourth-order valence-corrected chi connectivity index (χ4v) is 3.44. The first kappa shape index (κ1) is 18.3. The third-order valence-electron chi connectivity index (χ3n) is 4.71. The van der Waals surface area contributed by atoms with Gasteiger partial charge in [0.15, 0.2) is 11.5 Å². The van der Waals surface area contributed by atoms with Gasteiger partial charge in [-0.3, -0.25) is 4.79 Å². The van der Waals surface area contributed by atoms with Gasteiger partial charge in [-0.05, 0) is 31.6 Å². The fourth-order valence-electron chi connectivity index (χ4n) is 3.18. The van der Waals surface area contributed by atoms with Gasteiger partial charge in [0.2, 0.25) is 0 Å². The van der Waals surface area contributed by atoms with Crippen molar-refractivity contribution in [2.24, 2.45) is 0 Å². The minimum atomic E-state index is -0.130. The molecule has 0 unspecified atom stereocenters. The number of benzene rings is 1. The predicted octanol–water partition coefficient (Wildman–Crippen LogP) is 1.87. The van der Waals surface area contributed by atoms with Crippen LogP contribution in [0.4, 0.5) is 0 Å². The summed E-state index contributed by atoms with van der Waals surface area (Å²) in [6.07, 6.45) is 0.941.